The first-order valence-corrected chi connectivity index (χ1v) is 6.82. The highest BCUT2D eigenvalue weighted by atomic mass is 16.3. The number of aromatic nitrogens is 2. The van der Waals surface area contributed by atoms with E-state index < -0.39 is 0 Å². The SMILES string of the molecule is N#C[C@@H]1CCCN(Cc2cnc(-c3ccco3)nc2)C1. The lowest BCUT2D eigenvalue weighted by molar-refractivity contribution is 0.192. The summed E-state index contributed by atoms with van der Waals surface area (Å²) in [5.41, 5.74) is 1.07. The Balaban J connectivity index is 1.65. The van der Waals surface area contributed by atoms with Crippen molar-refractivity contribution < 1.29 is 4.42 Å². The molecule has 0 N–H and O–H groups in total. The van der Waals surface area contributed by atoms with Crippen LogP contribution in [0, 0.1) is 17.2 Å². The van der Waals surface area contributed by atoms with Gasteiger partial charge in [-0.2, -0.15) is 5.26 Å². The number of hydrogen-bond donors (Lipinski definition) is 0. The second-order valence-electron chi connectivity index (χ2n) is 5.10. The smallest absolute Gasteiger partial charge is 0.195 e. The summed E-state index contributed by atoms with van der Waals surface area (Å²) in [6, 6.07) is 6.03. The monoisotopic (exact) mass is 268 g/mol. The van der Waals surface area contributed by atoms with Crippen molar-refractivity contribution in [1.82, 2.24) is 14.9 Å². The van der Waals surface area contributed by atoms with Crippen LogP contribution < -0.4 is 0 Å². The Bertz CT molecular complexity index is 585. The van der Waals surface area contributed by atoms with Crippen molar-refractivity contribution in [1.29, 1.82) is 5.26 Å². The van der Waals surface area contributed by atoms with Crippen LogP contribution in [-0.2, 0) is 6.54 Å². The molecule has 1 atom stereocenters. The van der Waals surface area contributed by atoms with Gasteiger partial charge in [0.2, 0.25) is 0 Å². The fourth-order valence-corrected chi connectivity index (χ4v) is 2.53. The zero-order valence-electron chi connectivity index (χ0n) is 11.2. The topological polar surface area (TPSA) is 66.0 Å². The van der Waals surface area contributed by atoms with Crippen LogP contribution in [-0.4, -0.2) is 28.0 Å². The molecule has 2 aromatic rings. The second-order valence-corrected chi connectivity index (χ2v) is 5.10. The van der Waals surface area contributed by atoms with Crippen molar-refractivity contribution in [3.05, 3.63) is 36.4 Å². The molecule has 20 heavy (non-hydrogen) atoms. The third-order valence-corrected chi connectivity index (χ3v) is 3.54. The first-order chi connectivity index (χ1) is 9.85. The molecule has 0 amide bonds. The minimum Gasteiger partial charge on any atom is -0.461 e. The van der Waals surface area contributed by atoms with Crippen LogP contribution in [0.5, 0.6) is 0 Å². The molecule has 1 saturated heterocycles. The lowest BCUT2D eigenvalue weighted by Gasteiger charge is -2.29. The molecular formula is C15H16N4O. The molecule has 0 radical (unpaired) electrons. The molecule has 3 rings (SSSR count). The number of rotatable bonds is 3. The summed E-state index contributed by atoms with van der Waals surface area (Å²) in [4.78, 5) is 11.0. The van der Waals surface area contributed by atoms with Gasteiger partial charge in [-0.3, -0.25) is 4.90 Å². The standard InChI is InChI=1S/C15H16N4O/c16-7-12-3-1-5-19(10-12)11-13-8-17-15(18-9-13)14-4-2-6-20-14/h2,4,6,8-9,12H,1,3,5,10-11H2/t12-/m0/s1. The molecule has 0 saturated carbocycles. The molecular weight excluding hydrogens is 252 g/mol. The minimum atomic E-state index is 0.159. The highest BCUT2D eigenvalue weighted by molar-refractivity contribution is 5.45. The quantitative estimate of drug-likeness (QED) is 0.855. The van der Waals surface area contributed by atoms with Gasteiger partial charge >= 0.3 is 0 Å². The molecule has 1 aliphatic heterocycles. The molecule has 1 fully saturated rings. The van der Waals surface area contributed by atoms with Crippen molar-refractivity contribution in [2.45, 2.75) is 19.4 Å². The molecule has 0 spiro atoms. The van der Waals surface area contributed by atoms with Crippen molar-refractivity contribution in [2.24, 2.45) is 5.92 Å². The molecule has 102 valence electrons. The van der Waals surface area contributed by atoms with E-state index in [0.717, 1.165) is 38.0 Å². The van der Waals surface area contributed by atoms with E-state index in [2.05, 4.69) is 20.9 Å². The van der Waals surface area contributed by atoms with E-state index in [-0.39, 0.29) is 5.92 Å². The Morgan fingerprint density at radius 2 is 2.25 bits per heavy atom. The van der Waals surface area contributed by atoms with Gasteiger partial charge in [-0.1, -0.05) is 0 Å². The van der Waals surface area contributed by atoms with Crippen LogP contribution in [0.2, 0.25) is 0 Å². The summed E-state index contributed by atoms with van der Waals surface area (Å²) >= 11 is 0. The third kappa shape index (κ3) is 2.86. The van der Waals surface area contributed by atoms with Gasteiger partial charge < -0.3 is 4.42 Å². The molecule has 1 aliphatic rings. The molecule has 0 unspecified atom stereocenters. The van der Waals surface area contributed by atoms with E-state index in [1.165, 1.54) is 0 Å². The van der Waals surface area contributed by atoms with Gasteiger partial charge in [0, 0.05) is 31.0 Å². The van der Waals surface area contributed by atoms with Crippen molar-refractivity contribution in [2.75, 3.05) is 13.1 Å². The van der Waals surface area contributed by atoms with E-state index >= 15 is 0 Å². The first-order valence-electron chi connectivity index (χ1n) is 6.82. The van der Waals surface area contributed by atoms with Crippen molar-refractivity contribution >= 4 is 0 Å². The Morgan fingerprint density at radius 1 is 1.40 bits per heavy atom. The number of furan rings is 1. The summed E-state index contributed by atoms with van der Waals surface area (Å²) in [5.74, 6) is 1.44. The zero-order valence-corrected chi connectivity index (χ0v) is 11.2. The van der Waals surface area contributed by atoms with Gasteiger partial charge in [-0.15, -0.1) is 0 Å². The van der Waals surface area contributed by atoms with Gasteiger partial charge in [-0.05, 0) is 31.5 Å². The van der Waals surface area contributed by atoms with Gasteiger partial charge in [0.15, 0.2) is 11.6 Å². The maximum atomic E-state index is 9.01. The van der Waals surface area contributed by atoms with E-state index in [9.17, 15) is 0 Å². The minimum absolute atomic E-state index is 0.159. The summed E-state index contributed by atoms with van der Waals surface area (Å²) < 4.78 is 5.27. The summed E-state index contributed by atoms with van der Waals surface area (Å²) in [6.45, 7) is 2.69. The van der Waals surface area contributed by atoms with Crippen molar-refractivity contribution in [3.8, 4) is 17.7 Å². The van der Waals surface area contributed by atoms with Gasteiger partial charge in [-0.25, -0.2) is 9.97 Å². The van der Waals surface area contributed by atoms with E-state index in [0.29, 0.717) is 11.6 Å². The molecule has 5 heteroatoms. The predicted molar refractivity (Wildman–Crippen MR) is 73.3 cm³/mol. The summed E-state index contributed by atoms with van der Waals surface area (Å²) in [6.07, 6.45) is 7.38. The van der Waals surface area contributed by atoms with Gasteiger partial charge in [0.1, 0.15) is 0 Å². The molecule has 0 bridgehead atoms. The highest BCUT2D eigenvalue weighted by Gasteiger charge is 2.19. The maximum Gasteiger partial charge on any atom is 0.195 e. The number of nitrogens with zero attached hydrogens (tertiary/aromatic N) is 4. The Kier molecular flexibility index (Phi) is 3.75. The maximum absolute atomic E-state index is 9.01. The normalized spacial score (nSPS) is 19.6. The second kappa shape index (κ2) is 5.85. The number of likely N-dealkylation sites (tertiary alicyclic amines) is 1. The van der Waals surface area contributed by atoms with Crippen LogP contribution in [0.1, 0.15) is 18.4 Å². The Hall–Kier alpha value is -2.19. The van der Waals surface area contributed by atoms with Crippen LogP contribution in [0.15, 0.2) is 35.2 Å². The van der Waals surface area contributed by atoms with E-state index in [4.69, 9.17) is 9.68 Å². The lowest BCUT2D eigenvalue weighted by atomic mass is 9.99. The highest BCUT2D eigenvalue weighted by Crippen LogP contribution is 2.18. The van der Waals surface area contributed by atoms with Gasteiger partial charge in [0.25, 0.3) is 0 Å². The first kappa shape index (κ1) is 12.8. The number of piperidine rings is 1. The Labute approximate surface area is 117 Å². The molecule has 2 aromatic heterocycles. The van der Waals surface area contributed by atoms with E-state index in [1.54, 1.807) is 6.26 Å². The largest absolute Gasteiger partial charge is 0.461 e. The van der Waals surface area contributed by atoms with Crippen molar-refractivity contribution in [3.63, 3.8) is 0 Å². The summed E-state index contributed by atoms with van der Waals surface area (Å²) in [5, 5.41) is 9.01. The van der Waals surface area contributed by atoms with Crippen LogP contribution >= 0.6 is 0 Å². The average Bonchev–Trinajstić information content (AvgIpc) is 3.02. The number of hydrogen-bond acceptors (Lipinski definition) is 5. The number of nitriles is 1. The fraction of sp³-hybridized carbons (Fsp3) is 0.400. The van der Waals surface area contributed by atoms with Crippen LogP contribution in [0.25, 0.3) is 11.6 Å². The lowest BCUT2D eigenvalue weighted by Crippen LogP contribution is -2.34. The molecule has 0 aliphatic carbocycles. The molecule has 0 aromatic carbocycles. The van der Waals surface area contributed by atoms with Crippen LogP contribution in [0.4, 0.5) is 0 Å². The fourth-order valence-electron chi connectivity index (χ4n) is 2.53. The predicted octanol–water partition coefficient (Wildman–Crippen LogP) is 2.47. The molecule has 3 heterocycles. The Morgan fingerprint density at radius 3 is 2.95 bits per heavy atom. The average molecular weight is 268 g/mol. The molecule has 5 nitrogen and oxygen atoms in total. The third-order valence-electron chi connectivity index (χ3n) is 3.54. The van der Waals surface area contributed by atoms with Crippen LogP contribution in [0.3, 0.4) is 0 Å². The van der Waals surface area contributed by atoms with Gasteiger partial charge in [0.05, 0.1) is 18.3 Å². The summed E-state index contributed by atoms with van der Waals surface area (Å²) in [7, 11) is 0. The van der Waals surface area contributed by atoms with E-state index in [1.807, 2.05) is 24.5 Å². The zero-order chi connectivity index (χ0) is 13.8.